The van der Waals surface area contributed by atoms with Crippen LogP contribution in [0.1, 0.15) is 56.3 Å². The Labute approximate surface area is 217 Å². The van der Waals surface area contributed by atoms with Gasteiger partial charge in [-0.2, -0.15) is 0 Å². The highest BCUT2D eigenvalue weighted by molar-refractivity contribution is 9.10. The maximum Gasteiger partial charge on any atom is 0.226 e. The Morgan fingerprint density at radius 1 is 1.00 bits per heavy atom. The molecule has 0 aromatic heterocycles. The van der Waals surface area contributed by atoms with Crippen molar-refractivity contribution in [2.75, 3.05) is 25.0 Å². The van der Waals surface area contributed by atoms with Crippen LogP contribution >= 0.6 is 15.9 Å². The highest BCUT2D eigenvalue weighted by Crippen LogP contribution is 2.31. The van der Waals surface area contributed by atoms with Crippen LogP contribution < -0.4 is 10.1 Å². The predicted octanol–water partition coefficient (Wildman–Crippen LogP) is 7.43. The van der Waals surface area contributed by atoms with Gasteiger partial charge in [-0.1, -0.05) is 72.2 Å². The molecule has 3 aromatic rings. The van der Waals surface area contributed by atoms with E-state index in [1.165, 1.54) is 11.1 Å². The molecular formula is C30H35BrN2O2. The fraction of sp³-hybridized carbons (Fsp3) is 0.367. The first-order valence-corrected chi connectivity index (χ1v) is 13.4. The number of ether oxygens (including phenoxy) is 1. The molecule has 1 aliphatic rings. The van der Waals surface area contributed by atoms with Crippen LogP contribution in [0.5, 0.6) is 5.75 Å². The second kappa shape index (κ2) is 12.4. The minimum absolute atomic E-state index is 0.0191. The highest BCUT2D eigenvalue weighted by atomic mass is 79.9. The zero-order chi connectivity index (χ0) is 24.6. The predicted molar refractivity (Wildman–Crippen MR) is 147 cm³/mol. The molecular weight excluding hydrogens is 500 g/mol. The molecule has 1 N–H and O–H groups in total. The van der Waals surface area contributed by atoms with Gasteiger partial charge in [0.25, 0.3) is 0 Å². The Kier molecular flexibility index (Phi) is 9.00. The van der Waals surface area contributed by atoms with Gasteiger partial charge in [0.1, 0.15) is 11.9 Å². The first-order valence-electron chi connectivity index (χ1n) is 12.6. The molecule has 184 valence electrons. The summed E-state index contributed by atoms with van der Waals surface area (Å²) in [5, 5.41) is 3.04. The Morgan fingerprint density at radius 3 is 2.40 bits per heavy atom. The minimum atomic E-state index is -0.0191. The van der Waals surface area contributed by atoms with Gasteiger partial charge in [-0.25, -0.2) is 0 Å². The number of benzene rings is 3. The van der Waals surface area contributed by atoms with E-state index in [-0.39, 0.29) is 17.9 Å². The quantitative estimate of drug-likeness (QED) is 0.310. The standard InChI is InChI=1S/C30H35BrN2O2/c1-22(2)30(34)32-27-10-6-9-25(21-27)23-15-18-33(19-16-23)20-17-29(24-7-4-3-5-8-24)35-28-13-11-26(31)12-14-28/h3-14,21-23,29H,15-20H2,1-2H3,(H,32,34)/t29-/m0/s1. The number of nitrogens with one attached hydrogen (secondary N) is 1. The van der Waals surface area contributed by atoms with Crippen molar-refractivity contribution in [3.63, 3.8) is 0 Å². The molecule has 4 nitrogen and oxygen atoms in total. The van der Waals surface area contributed by atoms with Gasteiger partial charge in [0.15, 0.2) is 0 Å². The fourth-order valence-corrected chi connectivity index (χ4v) is 4.85. The lowest BCUT2D eigenvalue weighted by molar-refractivity contribution is -0.118. The summed E-state index contributed by atoms with van der Waals surface area (Å²) < 4.78 is 7.47. The number of rotatable bonds is 9. The van der Waals surface area contributed by atoms with Crippen molar-refractivity contribution in [1.29, 1.82) is 0 Å². The molecule has 0 unspecified atom stereocenters. The van der Waals surface area contributed by atoms with Crippen LogP contribution in [-0.2, 0) is 4.79 Å². The molecule has 1 aliphatic heterocycles. The molecule has 3 aromatic carbocycles. The van der Waals surface area contributed by atoms with E-state index in [1.807, 2.05) is 50.2 Å². The maximum absolute atomic E-state index is 12.1. The van der Waals surface area contributed by atoms with Crippen LogP contribution in [0.15, 0.2) is 83.3 Å². The van der Waals surface area contributed by atoms with E-state index in [2.05, 4.69) is 68.6 Å². The lowest BCUT2D eigenvalue weighted by Crippen LogP contribution is -2.34. The van der Waals surface area contributed by atoms with E-state index in [0.29, 0.717) is 5.92 Å². The fourth-order valence-electron chi connectivity index (χ4n) is 4.59. The summed E-state index contributed by atoms with van der Waals surface area (Å²) in [5.41, 5.74) is 3.44. The number of halogens is 1. The van der Waals surface area contributed by atoms with E-state index >= 15 is 0 Å². The Balaban J connectivity index is 1.32. The summed E-state index contributed by atoms with van der Waals surface area (Å²) in [6, 6.07) is 27.0. The first kappa shape index (κ1) is 25.5. The van der Waals surface area contributed by atoms with Crippen molar-refractivity contribution >= 4 is 27.5 Å². The number of carbonyl (C=O) groups excluding carboxylic acids is 1. The Hall–Kier alpha value is -2.63. The van der Waals surface area contributed by atoms with Crippen LogP contribution in [0.3, 0.4) is 0 Å². The largest absolute Gasteiger partial charge is 0.486 e. The average Bonchev–Trinajstić information content (AvgIpc) is 2.88. The van der Waals surface area contributed by atoms with Gasteiger partial charge < -0.3 is 15.0 Å². The number of piperidine rings is 1. The van der Waals surface area contributed by atoms with Crippen LogP contribution in [0, 0.1) is 5.92 Å². The molecule has 0 bridgehead atoms. The van der Waals surface area contributed by atoms with Crippen LogP contribution in [-0.4, -0.2) is 30.4 Å². The second-order valence-electron chi connectivity index (χ2n) is 9.65. The van der Waals surface area contributed by atoms with Crippen molar-refractivity contribution in [1.82, 2.24) is 4.90 Å². The average molecular weight is 536 g/mol. The zero-order valence-electron chi connectivity index (χ0n) is 20.6. The van der Waals surface area contributed by atoms with Gasteiger partial charge in [0.05, 0.1) is 0 Å². The van der Waals surface area contributed by atoms with Gasteiger partial charge in [-0.15, -0.1) is 0 Å². The first-order chi connectivity index (χ1) is 17.0. The van der Waals surface area contributed by atoms with Gasteiger partial charge in [-0.3, -0.25) is 4.79 Å². The number of amides is 1. The van der Waals surface area contributed by atoms with E-state index in [1.54, 1.807) is 0 Å². The second-order valence-corrected chi connectivity index (χ2v) is 10.6. The van der Waals surface area contributed by atoms with Gasteiger partial charge in [-0.05, 0) is 79.4 Å². The Bertz CT molecular complexity index is 1080. The number of hydrogen-bond acceptors (Lipinski definition) is 3. The smallest absolute Gasteiger partial charge is 0.226 e. The number of hydrogen-bond donors (Lipinski definition) is 1. The van der Waals surface area contributed by atoms with E-state index in [9.17, 15) is 4.79 Å². The summed E-state index contributed by atoms with van der Waals surface area (Å²) in [4.78, 5) is 14.6. The normalized spacial score (nSPS) is 15.7. The van der Waals surface area contributed by atoms with E-state index in [4.69, 9.17) is 4.74 Å². The highest BCUT2D eigenvalue weighted by Gasteiger charge is 2.23. The Morgan fingerprint density at radius 2 is 1.71 bits per heavy atom. The summed E-state index contributed by atoms with van der Waals surface area (Å²) >= 11 is 3.50. The number of anilines is 1. The van der Waals surface area contributed by atoms with E-state index in [0.717, 1.165) is 54.8 Å². The number of likely N-dealkylation sites (tertiary alicyclic amines) is 1. The molecule has 0 radical (unpaired) electrons. The molecule has 0 saturated carbocycles. The summed E-state index contributed by atoms with van der Waals surface area (Å²) in [5.74, 6) is 1.47. The summed E-state index contributed by atoms with van der Waals surface area (Å²) in [6.45, 7) is 7.00. The lowest BCUT2D eigenvalue weighted by atomic mass is 9.89. The van der Waals surface area contributed by atoms with Gasteiger partial charge in [0, 0.05) is 29.0 Å². The lowest BCUT2D eigenvalue weighted by Gasteiger charge is -2.33. The number of nitrogens with zero attached hydrogens (tertiary/aromatic N) is 1. The molecule has 1 amide bonds. The molecule has 35 heavy (non-hydrogen) atoms. The van der Waals surface area contributed by atoms with Gasteiger partial charge in [0.2, 0.25) is 5.91 Å². The molecule has 1 atom stereocenters. The monoisotopic (exact) mass is 534 g/mol. The maximum atomic E-state index is 12.1. The van der Waals surface area contributed by atoms with Crippen molar-refractivity contribution in [3.05, 3.63) is 94.5 Å². The topological polar surface area (TPSA) is 41.6 Å². The minimum Gasteiger partial charge on any atom is -0.486 e. The number of carbonyl (C=O) groups is 1. The van der Waals surface area contributed by atoms with Crippen LogP contribution in [0.25, 0.3) is 0 Å². The SMILES string of the molecule is CC(C)C(=O)Nc1cccc(C2CCN(CC[C@H](Oc3ccc(Br)cc3)c3ccccc3)CC2)c1. The van der Waals surface area contributed by atoms with Crippen molar-refractivity contribution in [2.45, 2.75) is 45.1 Å². The molecule has 1 fully saturated rings. The molecule has 1 heterocycles. The van der Waals surface area contributed by atoms with Crippen molar-refractivity contribution < 1.29 is 9.53 Å². The molecule has 4 rings (SSSR count). The van der Waals surface area contributed by atoms with Crippen molar-refractivity contribution in [3.8, 4) is 5.75 Å². The zero-order valence-corrected chi connectivity index (χ0v) is 22.2. The van der Waals surface area contributed by atoms with Gasteiger partial charge >= 0.3 is 0 Å². The third-order valence-corrected chi connectivity index (χ3v) is 7.24. The molecule has 0 aliphatic carbocycles. The third kappa shape index (κ3) is 7.42. The third-order valence-electron chi connectivity index (χ3n) is 6.71. The molecule has 5 heteroatoms. The van der Waals surface area contributed by atoms with E-state index < -0.39 is 0 Å². The molecule has 0 spiro atoms. The van der Waals surface area contributed by atoms with Crippen LogP contribution in [0.4, 0.5) is 5.69 Å². The molecule has 1 saturated heterocycles. The summed E-state index contributed by atoms with van der Waals surface area (Å²) in [6.07, 6.45) is 3.23. The van der Waals surface area contributed by atoms with Crippen LogP contribution in [0.2, 0.25) is 0 Å². The summed E-state index contributed by atoms with van der Waals surface area (Å²) in [7, 11) is 0. The van der Waals surface area contributed by atoms with Crippen molar-refractivity contribution in [2.24, 2.45) is 5.92 Å².